The minimum atomic E-state index is -4.82. The molecule has 0 bridgehead atoms. The highest BCUT2D eigenvalue weighted by molar-refractivity contribution is 6.02. The Labute approximate surface area is 196 Å². The number of halogens is 6. The van der Waals surface area contributed by atoms with E-state index in [1.807, 2.05) is 0 Å². The van der Waals surface area contributed by atoms with Gasteiger partial charge in [0.15, 0.2) is 11.5 Å². The molecule has 1 aliphatic rings. The lowest BCUT2D eigenvalue weighted by molar-refractivity contribution is -0.137. The van der Waals surface area contributed by atoms with Crippen LogP contribution in [0.5, 0.6) is 0 Å². The molecule has 0 atom stereocenters. The van der Waals surface area contributed by atoms with E-state index in [-0.39, 0.29) is 37.2 Å². The van der Waals surface area contributed by atoms with Crippen molar-refractivity contribution in [1.29, 1.82) is 0 Å². The number of benzene rings is 2. The number of amides is 1. The molecule has 1 N–H and O–H groups in total. The Kier molecular flexibility index (Phi) is 6.77. The highest BCUT2D eigenvalue weighted by atomic mass is 19.4. The molecule has 1 saturated heterocycles. The monoisotopic (exact) mass is 492 g/mol. The molecular formula is C24H18F6N4O. The number of aromatic nitrogens is 2. The van der Waals surface area contributed by atoms with Gasteiger partial charge >= 0.3 is 6.18 Å². The van der Waals surface area contributed by atoms with Crippen molar-refractivity contribution in [2.24, 2.45) is 0 Å². The number of hydrogen-bond donors (Lipinski definition) is 1. The minimum Gasteiger partial charge on any atom is -0.354 e. The van der Waals surface area contributed by atoms with Crippen LogP contribution in [-0.4, -0.2) is 29.2 Å². The molecule has 11 heteroatoms. The fraction of sp³-hybridized carbons (Fsp3) is 0.208. The summed E-state index contributed by atoms with van der Waals surface area (Å²) in [6.45, 7) is 0.491. The van der Waals surface area contributed by atoms with Gasteiger partial charge in [-0.2, -0.15) is 13.2 Å². The van der Waals surface area contributed by atoms with Crippen molar-refractivity contribution in [2.75, 3.05) is 23.3 Å². The number of rotatable bonds is 4. The molecule has 35 heavy (non-hydrogen) atoms. The maximum absolute atomic E-state index is 15.0. The van der Waals surface area contributed by atoms with Gasteiger partial charge in [-0.25, -0.2) is 13.2 Å². The summed E-state index contributed by atoms with van der Waals surface area (Å²) in [7, 11) is 0. The molecule has 2 aromatic carbocycles. The molecule has 0 spiro atoms. The molecule has 2 heterocycles. The number of carbonyl (C=O) groups is 1. The molecule has 1 fully saturated rings. The van der Waals surface area contributed by atoms with Crippen LogP contribution in [0, 0.1) is 11.6 Å². The third-order valence-corrected chi connectivity index (χ3v) is 5.51. The average molecular weight is 492 g/mol. The van der Waals surface area contributed by atoms with E-state index < -0.39 is 40.7 Å². The lowest BCUT2D eigenvalue weighted by atomic mass is 9.97. The van der Waals surface area contributed by atoms with Crippen molar-refractivity contribution in [3.8, 4) is 0 Å². The van der Waals surface area contributed by atoms with Gasteiger partial charge in [-0.3, -0.25) is 4.79 Å². The van der Waals surface area contributed by atoms with E-state index in [9.17, 15) is 31.1 Å². The quantitative estimate of drug-likeness (QED) is 0.454. The van der Waals surface area contributed by atoms with Gasteiger partial charge < -0.3 is 10.2 Å². The van der Waals surface area contributed by atoms with Crippen molar-refractivity contribution in [1.82, 2.24) is 10.2 Å². The summed E-state index contributed by atoms with van der Waals surface area (Å²) in [5.41, 5.74) is -1.48. The second-order valence-electron chi connectivity index (χ2n) is 7.83. The molecule has 5 nitrogen and oxygen atoms in total. The molecule has 1 aliphatic heterocycles. The van der Waals surface area contributed by atoms with Crippen LogP contribution in [0.15, 0.2) is 60.2 Å². The average Bonchev–Trinajstić information content (AvgIpc) is 2.84. The summed E-state index contributed by atoms with van der Waals surface area (Å²) in [6, 6.07) is 9.91. The van der Waals surface area contributed by atoms with Gasteiger partial charge in [-0.15, -0.1) is 10.2 Å². The Morgan fingerprint density at radius 2 is 1.54 bits per heavy atom. The highest BCUT2D eigenvalue weighted by Crippen LogP contribution is 2.38. The van der Waals surface area contributed by atoms with Crippen LogP contribution in [0.3, 0.4) is 0 Å². The van der Waals surface area contributed by atoms with Gasteiger partial charge in [-0.1, -0.05) is 0 Å². The lowest BCUT2D eigenvalue weighted by Crippen LogP contribution is -2.32. The van der Waals surface area contributed by atoms with Crippen molar-refractivity contribution in [2.45, 2.75) is 19.0 Å². The summed E-state index contributed by atoms with van der Waals surface area (Å²) in [4.78, 5) is 14.0. The van der Waals surface area contributed by atoms with Crippen LogP contribution in [0.4, 0.5) is 37.8 Å². The highest BCUT2D eigenvalue weighted by Gasteiger charge is 2.35. The number of nitrogens with zero attached hydrogens (tertiary/aromatic N) is 3. The summed E-state index contributed by atoms with van der Waals surface area (Å²) < 4.78 is 81.2. The van der Waals surface area contributed by atoms with Crippen LogP contribution in [0.2, 0.25) is 0 Å². The zero-order valence-electron chi connectivity index (χ0n) is 18.0. The van der Waals surface area contributed by atoms with Crippen LogP contribution in [-0.2, 0) is 6.18 Å². The van der Waals surface area contributed by atoms with Gasteiger partial charge in [0.2, 0.25) is 0 Å². The Bertz CT molecular complexity index is 1250. The van der Waals surface area contributed by atoms with E-state index in [0.717, 1.165) is 0 Å². The normalized spacial score (nSPS) is 14.1. The third kappa shape index (κ3) is 5.61. The number of carbonyl (C=O) groups excluding carboxylic acids is 1. The van der Waals surface area contributed by atoms with E-state index in [0.29, 0.717) is 29.7 Å². The van der Waals surface area contributed by atoms with Gasteiger partial charge in [0.25, 0.3) is 5.91 Å². The standard InChI is InChI=1S/C24H18F6N4O/c25-15-1-4-17(5-2-15)31-23(35)20-7-8-21(33-32-20)34-11-9-14(10-12-34)22(27)18-13-16(26)3-6-19(18)24(28,29)30/h1-8,13H,9-12H2,(H,31,35). The van der Waals surface area contributed by atoms with E-state index in [1.165, 1.54) is 30.3 Å². The van der Waals surface area contributed by atoms with Crippen LogP contribution in [0.1, 0.15) is 34.5 Å². The molecule has 4 rings (SSSR count). The number of piperidine rings is 1. The zero-order valence-corrected chi connectivity index (χ0v) is 18.0. The Morgan fingerprint density at radius 1 is 0.886 bits per heavy atom. The molecule has 182 valence electrons. The summed E-state index contributed by atoms with van der Waals surface area (Å²) in [5.74, 6) is -2.61. The first-order valence-electron chi connectivity index (χ1n) is 10.5. The van der Waals surface area contributed by atoms with Crippen LogP contribution >= 0.6 is 0 Å². The number of hydrogen-bond acceptors (Lipinski definition) is 4. The predicted octanol–water partition coefficient (Wildman–Crippen LogP) is 6.01. The first-order valence-corrected chi connectivity index (χ1v) is 10.5. The molecule has 3 aromatic rings. The lowest BCUT2D eigenvalue weighted by Gasteiger charge is -2.29. The second kappa shape index (κ2) is 9.77. The largest absolute Gasteiger partial charge is 0.417 e. The van der Waals surface area contributed by atoms with Crippen molar-refractivity contribution < 1.29 is 31.1 Å². The maximum Gasteiger partial charge on any atom is 0.417 e. The third-order valence-electron chi connectivity index (χ3n) is 5.51. The van der Waals surface area contributed by atoms with Crippen molar-refractivity contribution in [3.05, 3.63) is 88.6 Å². The van der Waals surface area contributed by atoms with Gasteiger partial charge in [0.05, 0.1) is 5.56 Å². The molecule has 0 saturated carbocycles. The van der Waals surface area contributed by atoms with Crippen molar-refractivity contribution in [3.63, 3.8) is 0 Å². The second-order valence-corrected chi connectivity index (χ2v) is 7.83. The topological polar surface area (TPSA) is 58.1 Å². The van der Waals surface area contributed by atoms with Crippen LogP contribution in [0.25, 0.3) is 5.83 Å². The Balaban J connectivity index is 1.43. The van der Waals surface area contributed by atoms with Crippen molar-refractivity contribution >= 4 is 23.2 Å². The summed E-state index contributed by atoms with van der Waals surface area (Å²) in [5, 5.41) is 10.5. The fourth-order valence-corrected chi connectivity index (χ4v) is 3.70. The van der Waals surface area contributed by atoms with E-state index in [2.05, 4.69) is 15.5 Å². The SMILES string of the molecule is O=C(Nc1ccc(F)cc1)c1ccc(N2CCC(=C(F)c3cc(F)ccc3C(F)(F)F)CC2)nn1. The maximum atomic E-state index is 15.0. The van der Waals surface area contributed by atoms with E-state index >= 15 is 0 Å². The summed E-state index contributed by atoms with van der Waals surface area (Å²) in [6.07, 6.45) is -4.61. The first-order chi connectivity index (χ1) is 16.6. The number of anilines is 2. The van der Waals surface area contributed by atoms with E-state index in [4.69, 9.17) is 0 Å². The first kappa shape index (κ1) is 24.2. The smallest absolute Gasteiger partial charge is 0.354 e. The predicted molar refractivity (Wildman–Crippen MR) is 117 cm³/mol. The Morgan fingerprint density at radius 3 is 2.14 bits per heavy atom. The van der Waals surface area contributed by atoms with Gasteiger partial charge in [-0.05, 0) is 73.0 Å². The molecule has 0 radical (unpaired) electrons. The molecule has 0 unspecified atom stereocenters. The van der Waals surface area contributed by atoms with Gasteiger partial charge in [0.1, 0.15) is 17.5 Å². The Hall–Kier alpha value is -3.89. The van der Waals surface area contributed by atoms with E-state index in [1.54, 1.807) is 11.0 Å². The number of alkyl halides is 3. The summed E-state index contributed by atoms with van der Waals surface area (Å²) >= 11 is 0. The molecule has 1 aromatic heterocycles. The van der Waals surface area contributed by atoms with Crippen LogP contribution < -0.4 is 10.2 Å². The minimum absolute atomic E-state index is 0.0208. The number of nitrogens with one attached hydrogen (secondary N) is 1. The molecule has 0 aliphatic carbocycles. The zero-order chi connectivity index (χ0) is 25.2. The molecule has 1 amide bonds. The fourth-order valence-electron chi connectivity index (χ4n) is 3.70. The van der Waals surface area contributed by atoms with Gasteiger partial charge in [0, 0.05) is 24.3 Å². The molecular weight excluding hydrogens is 474 g/mol.